The van der Waals surface area contributed by atoms with Crippen LogP contribution < -0.4 is 20.3 Å². The van der Waals surface area contributed by atoms with Crippen LogP contribution in [-0.4, -0.2) is 34.8 Å². The minimum atomic E-state index is 0.447. The first-order chi connectivity index (χ1) is 12.7. The van der Waals surface area contributed by atoms with E-state index in [1.807, 2.05) is 36.4 Å². The Bertz CT molecular complexity index is 740. The van der Waals surface area contributed by atoms with Crippen LogP contribution in [-0.2, 0) is 6.54 Å². The second-order valence-electron chi connectivity index (χ2n) is 6.42. The number of nitrogens with one attached hydrogen (secondary N) is 2. The van der Waals surface area contributed by atoms with Crippen LogP contribution in [0.25, 0.3) is 0 Å². The van der Waals surface area contributed by atoms with E-state index in [4.69, 9.17) is 17.0 Å². The Kier molecular flexibility index (Phi) is 6.22. The second-order valence-corrected chi connectivity index (χ2v) is 6.83. The van der Waals surface area contributed by atoms with Crippen molar-refractivity contribution in [3.63, 3.8) is 0 Å². The Morgan fingerprint density at radius 2 is 2.08 bits per heavy atom. The number of piperidine rings is 1. The smallest absolute Gasteiger partial charge is 0.234 e. The van der Waals surface area contributed by atoms with Crippen molar-refractivity contribution >= 4 is 29.1 Å². The summed E-state index contributed by atoms with van der Waals surface area (Å²) in [7, 11) is 1.61. The number of hydrogen-bond acceptors (Lipinski definition) is 5. The Hall–Kier alpha value is -2.41. The largest absolute Gasteiger partial charge is 0.481 e. The number of methoxy groups -OCH3 is 1. The van der Waals surface area contributed by atoms with E-state index >= 15 is 0 Å². The van der Waals surface area contributed by atoms with E-state index in [2.05, 4.69) is 32.4 Å². The van der Waals surface area contributed by atoms with Crippen molar-refractivity contribution in [3.8, 4) is 5.88 Å². The highest BCUT2D eigenvalue weighted by Crippen LogP contribution is 2.26. The zero-order chi connectivity index (χ0) is 18.4. The van der Waals surface area contributed by atoms with Crippen LogP contribution in [0.15, 0.2) is 36.4 Å². The summed E-state index contributed by atoms with van der Waals surface area (Å²) in [6.45, 7) is 3.87. The molecule has 6 nitrogen and oxygen atoms in total. The monoisotopic (exact) mass is 371 g/mol. The van der Waals surface area contributed by atoms with Crippen LogP contribution in [0.3, 0.4) is 0 Å². The number of nitrogens with zero attached hydrogens (tertiary/aromatic N) is 3. The lowest BCUT2D eigenvalue weighted by atomic mass is 10.0. The molecule has 1 unspecified atom stereocenters. The van der Waals surface area contributed by atoms with Gasteiger partial charge < -0.3 is 20.3 Å². The normalized spacial score (nSPS) is 16.8. The molecule has 0 spiro atoms. The molecule has 26 heavy (non-hydrogen) atoms. The number of hydrogen-bond donors (Lipinski definition) is 2. The highest BCUT2D eigenvalue weighted by atomic mass is 32.1. The Morgan fingerprint density at radius 1 is 1.27 bits per heavy atom. The molecule has 1 aliphatic heterocycles. The van der Waals surface area contributed by atoms with Gasteiger partial charge in [-0.25, -0.2) is 0 Å². The molecule has 0 saturated carbocycles. The molecule has 0 bridgehead atoms. The topological polar surface area (TPSA) is 62.3 Å². The van der Waals surface area contributed by atoms with E-state index in [1.54, 1.807) is 7.11 Å². The predicted molar refractivity (Wildman–Crippen MR) is 109 cm³/mol. The minimum Gasteiger partial charge on any atom is -0.481 e. The van der Waals surface area contributed by atoms with E-state index in [0.717, 1.165) is 17.9 Å². The predicted octanol–water partition coefficient (Wildman–Crippen LogP) is 3.35. The Labute approximate surface area is 160 Å². The molecular formula is C19H25N5OS. The van der Waals surface area contributed by atoms with Crippen molar-refractivity contribution < 1.29 is 4.74 Å². The van der Waals surface area contributed by atoms with Gasteiger partial charge in [-0.3, -0.25) is 0 Å². The van der Waals surface area contributed by atoms with Gasteiger partial charge in [-0.1, -0.05) is 30.3 Å². The number of aromatic nitrogens is 2. The quantitative estimate of drug-likeness (QED) is 0.782. The fourth-order valence-corrected chi connectivity index (χ4v) is 3.25. The number of benzene rings is 1. The van der Waals surface area contributed by atoms with Crippen molar-refractivity contribution in [2.75, 3.05) is 23.9 Å². The zero-order valence-electron chi connectivity index (χ0n) is 15.2. The van der Waals surface area contributed by atoms with Crippen LogP contribution in [0.1, 0.15) is 31.7 Å². The third-order valence-corrected chi connectivity index (χ3v) is 4.76. The van der Waals surface area contributed by atoms with Gasteiger partial charge in [-0.2, -0.15) is 9.97 Å². The molecule has 1 aromatic carbocycles. The van der Waals surface area contributed by atoms with Gasteiger partial charge in [-0.05, 0) is 44.0 Å². The number of ether oxygens (including phenoxy) is 1. The van der Waals surface area contributed by atoms with Crippen molar-refractivity contribution in [2.45, 2.75) is 38.8 Å². The van der Waals surface area contributed by atoms with E-state index in [-0.39, 0.29) is 0 Å². The first kappa shape index (κ1) is 18.4. The van der Waals surface area contributed by atoms with Crippen molar-refractivity contribution in [2.24, 2.45) is 0 Å². The maximum atomic E-state index is 5.38. The molecule has 1 saturated heterocycles. The first-order valence-electron chi connectivity index (χ1n) is 8.94. The lowest BCUT2D eigenvalue weighted by Crippen LogP contribution is -2.38. The van der Waals surface area contributed by atoms with Gasteiger partial charge in [0.2, 0.25) is 11.8 Å². The Balaban J connectivity index is 1.68. The van der Waals surface area contributed by atoms with Crippen LogP contribution >= 0.6 is 12.2 Å². The number of rotatable bonds is 5. The summed E-state index contributed by atoms with van der Waals surface area (Å²) in [5.41, 5.74) is 1.16. The molecule has 0 amide bonds. The third kappa shape index (κ3) is 4.82. The highest BCUT2D eigenvalue weighted by Gasteiger charge is 2.21. The summed E-state index contributed by atoms with van der Waals surface area (Å²) in [4.78, 5) is 11.3. The van der Waals surface area contributed by atoms with Crippen molar-refractivity contribution in [3.05, 3.63) is 42.0 Å². The summed E-state index contributed by atoms with van der Waals surface area (Å²) in [6.07, 6.45) is 3.61. The molecule has 0 radical (unpaired) electrons. The highest BCUT2D eigenvalue weighted by molar-refractivity contribution is 7.80. The maximum Gasteiger partial charge on any atom is 0.234 e. The van der Waals surface area contributed by atoms with Gasteiger partial charge in [0.25, 0.3) is 0 Å². The molecule has 7 heteroatoms. The average Bonchev–Trinajstić information content (AvgIpc) is 2.67. The van der Waals surface area contributed by atoms with Crippen LogP contribution in [0.4, 0.5) is 11.8 Å². The van der Waals surface area contributed by atoms with Gasteiger partial charge in [-0.15, -0.1) is 0 Å². The molecule has 1 aliphatic rings. The van der Waals surface area contributed by atoms with Gasteiger partial charge >= 0.3 is 0 Å². The fourth-order valence-electron chi connectivity index (χ4n) is 3.08. The van der Waals surface area contributed by atoms with E-state index < -0.39 is 0 Å². The van der Waals surface area contributed by atoms with E-state index in [9.17, 15) is 0 Å². The van der Waals surface area contributed by atoms with E-state index in [0.29, 0.717) is 29.5 Å². The third-order valence-electron chi connectivity index (χ3n) is 4.52. The summed E-state index contributed by atoms with van der Waals surface area (Å²) < 4.78 is 5.35. The lowest BCUT2D eigenvalue weighted by molar-refractivity contribution is 0.396. The molecule has 1 atom stereocenters. The molecule has 1 aromatic heterocycles. The Morgan fingerprint density at radius 3 is 2.81 bits per heavy atom. The standard InChI is InChI=1S/C19H25N5OS/c1-14-8-6-7-11-24(14)16-12-17(25-2)22-18(21-16)23-19(26)20-13-15-9-4-3-5-10-15/h3-5,9-10,12,14H,6-8,11,13H2,1-2H3,(H2,20,21,22,23,26). The zero-order valence-corrected chi connectivity index (χ0v) is 16.1. The van der Waals surface area contributed by atoms with Crippen molar-refractivity contribution in [1.82, 2.24) is 15.3 Å². The molecule has 2 N–H and O–H groups in total. The molecule has 2 aromatic rings. The summed E-state index contributed by atoms with van der Waals surface area (Å²) >= 11 is 5.38. The lowest BCUT2D eigenvalue weighted by Gasteiger charge is -2.34. The molecule has 2 heterocycles. The number of anilines is 2. The van der Waals surface area contributed by atoms with Crippen LogP contribution in [0.2, 0.25) is 0 Å². The van der Waals surface area contributed by atoms with Gasteiger partial charge in [0, 0.05) is 25.2 Å². The number of thiocarbonyl (C=S) groups is 1. The fraction of sp³-hybridized carbons (Fsp3) is 0.421. The first-order valence-corrected chi connectivity index (χ1v) is 9.35. The van der Waals surface area contributed by atoms with Crippen molar-refractivity contribution in [1.29, 1.82) is 0 Å². The maximum absolute atomic E-state index is 5.38. The molecular weight excluding hydrogens is 346 g/mol. The van der Waals surface area contributed by atoms with Crippen LogP contribution in [0.5, 0.6) is 5.88 Å². The average molecular weight is 372 g/mol. The summed E-state index contributed by atoms with van der Waals surface area (Å²) in [6, 6.07) is 12.4. The minimum absolute atomic E-state index is 0.447. The van der Waals surface area contributed by atoms with Crippen LogP contribution in [0, 0.1) is 0 Å². The van der Waals surface area contributed by atoms with Gasteiger partial charge in [0.05, 0.1) is 7.11 Å². The van der Waals surface area contributed by atoms with E-state index in [1.165, 1.54) is 19.3 Å². The van der Waals surface area contributed by atoms with Gasteiger partial charge in [0.1, 0.15) is 5.82 Å². The summed E-state index contributed by atoms with van der Waals surface area (Å²) in [5.74, 6) is 1.85. The molecule has 138 valence electrons. The SMILES string of the molecule is COc1cc(N2CCCCC2C)nc(NC(=S)NCc2ccccc2)n1. The second kappa shape index (κ2) is 8.80. The summed E-state index contributed by atoms with van der Waals surface area (Å²) in [5, 5.41) is 6.74. The molecule has 3 rings (SSSR count). The molecule has 1 fully saturated rings. The molecule has 0 aliphatic carbocycles. The van der Waals surface area contributed by atoms with Gasteiger partial charge in [0.15, 0.2) is 5.11 Å².